The van der Waals surface area contributed by atoms with Crippen LogP contribution in [0, 0.1) is 0 Å². The SMILES string of the molecule is C=CC(SC(Oc1ccccc1)C(=O)O)(c1ccc(-c2cccc(C(C)C)c2)cc1)c1ccc(-c2cccc(C(C)C)c2)cc1. The first kappa shape index (κ1) is 31.9. The third-order valence-electron chi connectivity index (χ3n) is 8.17. The lowest BCUT2D eigenvalue weighted by Gasteiger charge is -2.34. The van der Waals surface area contributed by atoms with Gasteiger partial charge in [-0.15, -0.1) is 6.58 Å². The average Bonchev–Trinajstić information content (AvgIpc) is 3.07. The lowest BCUT2D eigenvalue weighted by atomic mass is 9.87. The minimum absolute atomic E-state index is 0.433. The van der Waals surface area contributed by atoms with Crippen LogP contribution in [0.5, 0.6) is 5.75 Å². The number of carboxylic acid groups (broad SMARTS) is 1. The second kappa shape index (κ2) is 14.0. The molecule has 0 saturated heterocycles. The summed E-state index contributed by atoms with van der Waals surface area (Å²) in [5.74, 6) is 0.306. The van der Waals surface area contributed by atoms with Crippen LogP contribution in [-0.2, 0) is 9.54 Å². The number of ether oxygens (including phenoxy) is 1. The Balaban J connectivity index is 1.57. The van der Waals surface area contributed by atoms with Crippen LogP contribution in [0.25, 0.3) is 22.3 Å². The zero-order valence-corrected chi connectivity index (χ0v) is 27.1. The first-order valence-electron chi connectivity index (χ1n) is 15.4. The van der Waals surface area contributed by atoms with E-state index in [1.54, 1.807) is 12.1 Å². The summed E-state index contributed by atoms with van der Waals surface area (Å²) in [4.78, 5) is 12.6. The molecular formula is C41H40O3S. The normalized spacial score (nSPS) is 12.2. The lowest BCUT2D eigenvalue weighted by molar-refractivity contribution is -0.140. The van der Waals surface area contributed by atoms with Crippen LogP contribution in [0.2, 0.25) is 0 Å². The molecule has 0 aliphatic rings. The van der Waals surface area contributed by atoms with E-state index in [0.29, 0.717) is 17.6 Å². The van der Waals surface area contributed by atoms with Crippen molar-refractivity contribution in [3.8, 4) is 28.0 Å². The highest BCUT2D eigenvalue weighted by molar-refractivity contribution is 8.01. The number of carbonyl (C=O) groups is 1. The van der Waals surface area contributed by atoms with Crippen LogP contribution in [0.15, 0.2) is 140 Å². The number of hydrogen-bond donors (Lipinski definition) is 1. The van der Waals surface area contributed by atoms with Crippen LogP contribution in [0.4, 0.5) is 0 Å². The van der Waals surface area contributed by atoms with Crippen LogP contribution < -0.4 is 4.74 Å². The van der Waals surface area contributed by atoms with Crippen molar-refractivity contribution in [3.63, 3.8) is 0 Å². The van der Waals surface area contributed by atoms with Gasteiger partial charge in [0.1, 0.15) is 5.75 Å². The summed E-state index contributed by atoms with van der Waals surface area (Å²) >= 11 is 1.22. The van der Waals surface area contributed by atoms with E-state index in [2.05, 4.69) is 131 Å². The molecule has 0 amide bonds. The maximum Gasteiger partial charge on any atom is 0.355 e. The molecular weight excluding hydrogens is 573 g/mol. The van der Waals surface area contributed by atoms with Crippen molar-refractivity contribution in [2.75, 3.05) is 0 Å². The van der Waals surface area contributed by atoms with E-state index in [1.807, 2.05) is 24.3 Å². The van der Waals surface area contributed by atoms with Crippen LogP contribution in [0.3, 0.4) is 0 Å². The molecule has 0 spiro atoms. The van der Waals surface area contributed by atoms with Crippen molar-refractivity contribution < 1.29 is 14.6 Å². The number of rotatable bonds is 12. The van der Waals surface area contributed by atoms with E-state index in [9.17, 15) is 9.90 Å². The molecule has 228 valence electrons. The highest BCUT2D eigenvalue weighted by Crippen LogP contribution is 2.47. The lowest BCUT2D eigenvalue weighted by Crippen LogP contribution is -2.32. The maximum absolute atomic E-state index is 12.6. The van der Waals surface area contributed by atoms with Gasteiger partial charge in [0, 0.05) is 0 Å². The first-order valence-corrected chi connectivity index (χ1v) is 16.3. The third kappa shape index (κ3) is 7.24. The minimum atomic E-state index is -1.19. The zero-order valence-electron chi connectivity index (χ0n) is 26.3. The number of carboxylic acids is 1. The fourth-order valence-corrected chi connectivity index (χ4v) is 6.72. The molecule has 0 saturated carbocycles. The fraction of sp³-hybridized carbons (Fsp3) is 0.195. The number of thioether (sulfide) groups is 1. The standard InChI is InChI=1S/C41H40O3S/c1-6-41(45-40(39(42)43)44-38-16-8-7-9-17-38,36-22-18-30(19-23-36)34-14-10-12-32(26-34)28(2)3)37-24-20-31(21-25-37)35-15-11-13-33(27-35)29(4)5/h6-29,40H,1H2,2-5H3,(H,42,43). The number of benzene rings is 5. The van der Waals surface area contributed by atoms with Gasteiger partial charge < -0.3 is 9.84 Å². The highest BCUT2D eigenvalue weighted by Gasteiger charge is 2.38. The Morgan fingerprint density at radius 1 is 0.667 bits per heavy atom. The summed E-state index contributed by atoms with van der Waals surface area (Å²) in [6, 6.07) is 43.0. The van der Waals surface area contributed by atoms with Crippen LogP contribution in [-0.4, -0.2) is 16.5 Å². The van der Waals surface area contributed by atoms with Crippen LogP contribution in [0.1, 0.15) is 61.8 Å². The summed E-state index contributed by atoms with van der Waals surface area (Å²) in [7, 11) is 0. The van der Waals surface area contributed by atoms with E-state index in [4.69, 9.17) is 4.74 Å². The molecule has 5 aromatic carbocycles. The van der Waals surface area contributed by atoms with Crippen molar-refractivity contribution in [1.82, 2.24) is 0 Å². The molecule has 0 bridgehead atoms. The van der Waals surface area contributed by atoms with Gasteiger partial charge in [0.2, 0.25) is 5.44 Å². The molecule has 0 heterocycles. The topological polar surface area (TPSA) is 46.5 Å². The average molecular weight is 613 g/mol. The first-order chi connectivity index (χ1) is 21.7. The second-order valence-electron chi connectivity index (χ2n) is 11.9. The predicted octanol–water partition coefficient (Wildman–Crippen LogP) is 10.9. The van der Waals surface area contributed by atoms with Gasteiger partial charge in [0.05, 0.1) is 4.75 Å². The minimum Gasteiger partial charge on any atom is -0.478 e. The molecule has 0 aromatic heterocycles. The Morgan fingerprint density at radius 3 is 1.53 bits per heavy atom. The van der Waals surface area contributed by atoms with Gasteiger partial charge in [-0.05, 0) is 68.5 Å². The molecule has 0 aliphatic heterocycles. The van der Waals surface area contributed by atoms with E-state index in [1.165, 1.54) is 22.9 Å². The summed E-state index contributed by atoms with van der Waals surface area (Å²) in [5, 5.41) is 10.3. The van der Waals surface area contributed by atoms with Gasteiger partial charge in [-0.2, -0.15) is 0 Å². The molecule has 1 N–H and O–H groups in total. The zero-order chi connectivity index (χ0) is 32.0. The third-order valence-corrected chi connectivity index (χ3v) is 9.69. The van der Waals surface area contributed by atoms with Crippen molar-refractivity contribution in [3.05, 3.63) is 162 Å². The molecule has 4 heteroatoms. The van der Waals surface area contributed by atoms with Gasteiger partial charge in [-0.25, -0.2) is 4.79 Å². The van der Waals surface area contributed by atoms with Gasteiger partial charge in [-0.3, -0.25) is 0 Å². The fourth-order valence-electron chi connectivity index (χ4n) is 5.48. The summed E-state index contributed by atoms with van der Waals surface area (Å²) in [6.07, 6.45) is 1.84. The quantitative estimate of drug-likeness (QED) is 0.112. The van der Waals surface area contributed by atoms with E-state index >= 15 is 0 Å². The van der Waals surface area contributed by atoms with Gasteiger partial charge in [0.25, 0.3) is 0 Å². The van der Waals surface area contributed by atoms with E-state index < -0.39 is 16.2 Å². The summed E-state index contributed by atoms with van der Waals surface area (Å²) in [6.45, 7) is 13.0. The summed E-state index contributed by atoms with van der Waals surface area (Å²) < 4.78 is 5.14. The van der Waals surface area contributed by atoms with Gasteiger partial charge in [-0.1, -0.05) is 161 Å². The molecule has 5 rings (SSSR count). The molecule has 3 nitrogen and oxygen atoms in total. The predicted molar refractivity (Wildman–Crippen MR) is 189 cm³/mol. The second-order valence-corrected chi connectivity index (χ2v) is 13.2. The summed E-state index contributed by atoms with van der Waals surface area (Å²) in [5.41, 5.74) is 7.72. The Hall–Kier alpha value is -4.54. The molecule has 1 unspecified atom stereocenters. The van der Waals surface area contributed by atoms with Crippen molar-refractivity contribution in [2.24, 2.45) is 0 Å². The Kier molecular flexibility index (Phi) is 9.95. The Morgan fingerprint density at radius 2 is 1.13 bits per heavy atom. The van der Waals surface area contributed by atoms with Crippen LogP contribution >= 0.6 is 11.8 Å². The monoisotopic (exact) mass is 612 g/mol. The van der Waals surface area contributed by atoms with Gasteiger partial charge >= 0.3 is 5.97 Å². The number of para-hydroxylation sites is 1. The molecule has 0 aliphatic carbocycles. The Labute approximate surface area is 271 Å². The highest BCUT2D eigenvalue weighted by atomic mass is 32.2. The van der Waals surface area contributed by atoms with Crippen molar-refractivity contribution in [1.29, 1.82) is 0 Å². The Bertz CT molecular complexity index is 1640. The number of aliphatic carboxylic acids is 1. The molecule has 45 heavy (non-hydrogen) atoms. The molecule has 0 radical (unpaired) electrons. The molecule has 5 aromatic rings. The smallest absolute Gasteiger partial charge is 0.355 e. The van der Waals surface area contributed by atoms with Gasteiger partial charge in [0.15, 0.2) is 0 Å². The van der Waals surface area contributed by atoms with Crippen molar-refractivity contribution in [2.45, 2.75) is 49.7 Å². The molecule has 0 fully saturated rings. The van der Waals surface area contributed by atoms with E-state index in [-0.39, 0.29) is 0 Å². The largest absolute Gasteiger partial charge is 0.478 e. The molecule has 1 atom stereocenters. The maximum atomic E-state index is 12.6. The van der Waals surface area contributed by atoms with Crippen molar-refractivity contribution >= 4 is 17.7 Å². The number of hydrogen-bond acceptors (Lipinski definition) is 3. The van der Waals surface area contributed by atoms with E-state index in [0.717, 1.165) is 33.4 Å².